The fraction of sp³-hybridized carbons (Fsp3) is 0.111. The van der Waals surface area contributed by atoms with Crippen molar-refractivity contribution in [3.05, 3.63) is 90.8 Å². The highest BCUT2D eigenvalue weighted by molar-refractivity contribution is 5.54. The maximum absolute atomic E-state index is 4.55. The molecular formula is C18H20N2O. The van der Waals surface area contributed by atoms with Crippen molar-refractivity contribution in [3.63, 3.8) is 0 Å². The molecule has 0 atom stereocenters. The third-order valence-corrected chi connectivity index (χ3v) is 2.88. The van der Waals surface area contributed by atoms with Crippen LogP contribution in [-0.4, -0.2) is 6.54 Å². The average Bonchev–Trinajstić information content (AvgIpc) is 3.08. The molecule has 0 unspecified atom stereocenters. The number of allylic oxidation sites excluding steroid dienone is 2. The van der Waals surface area contributed by atoms with Gasteiger partial charge in [0.2, 0.25) is 0 Å². The fourth-order valence-corrected chi connectivity index (χ4v) is 1.89. The molecule has 2 aliphatic rings. The predicted octanol–water partition coefficient (Wildman–Crippen LogP) is 3.89. The lowest BCUT2D eigenvalue weighted by Crippen LogP contribution is -2.01. The summed E-state index contributed by atoms with van der Waals surface area (Å²) >= 11 is 0. The van der Waals surface area contributed by atoms with Gasteiger partial charge < -0.3 is 10.2 Å². The minimum atomic E-state index is 1.11. The van der Waals surface area contributed by atoms with Gasteiger partial charge in [0.15, 0.2) is 0 Å². The van der Waals surface area contributed by atoms with Crippen LogP contribution >= 0.6 is 0 Å². The van der Waals surface area contributed by atoms with Gasteiger partial charge in [0, 0.05) is 18.4 Å². The van der Waals surface area contributed by atoms with E-state index in [0.29, 0.717) is 0 Å². The number of rotatable bonds is 0. The van der Waals surface area contributed by atoms with Gasteiger partial charge in [0.05, 0.1) is 0 Å². The van der Waals surface area contributed by atoms with Gasteiger partial charge >= 0.3 is 0 Å². The number of hydroxylamine groups is 1. The van der Waals surface area contributed by atoms with E-state index in [1.807, 2.05) is 42.5 Å². The molecule has 2 aromatic carbocycles. The number of anilines is 1. The summed E-state index contributed by atoms with van der Waals surface area (Å²) in [5.41, 5.74) is 5.29. The largest absolute Gasteiger partial charge is 0.391 e. The van der Waals surface area contributed by atoms with Crippen LogP contribution in [0, 0.1) is 0 Å². The maximum atomic E-state index is 4.55. The summed E-state index contributed by atoms with van der Waals surface area (Å²) in [6, 6.07) is 20.5. The lowest BCUT2D eigenvalue weighted by atomic mass is 10.2. The number of nitrogens with one attached hydrogen (secondary N) is 2. The van der Waals surface area contributed by atoms with E-state index in [-0.39, 0.29) is 0 Å². The van der Waals surface area contributed by atoms with E-state index in [1.165, 1.54) is 17.7 Å². The molecule has 0 saturated carbocycles. The van der Waals surface area contributed by atoms with Crippen molar-refractivity contribution in [3.8, 4) is 0 Å². The number of hydrogen-bond donors (Lipinski definition) is 2. The molecule has 21 heavy (non-hydrogen) atoms. The normalized spacial score (nSPS) is 13.1. The highest BCUT2D eigenvalue weighted by atomic mass is 16.6. The van der Waals surface area contributed by atoms with Gasteiger partial charge in [-0.1, -0.05) is 54.6 Å². The van der Waals surface area contributed by atoms with Crippen LogP contribution in [0.3, 0.4) is 0 Å². The van der Waals surface area contributed by atoms with E-state index in [4.69, 9.17) is 0 Å². The van der Waals surface area contributed by atoms with Gasteiger partial charge in [0.1, 0.15) is 6.26 Å². The Morgan fingerprint density at radius 1 is 0.810 bits per heavy atom. The highest BCUT2D eigenvalue weighted by Crippen LogP contribution is 2.19. The molecule has 2 aromatic rings. The second kappa shape index (κ2) is 9.26. The third-order valence-electron chi connectivity index (χ3n) is 2.88. The molecule has 0 amide bonds. The Hall–Kier alpha value is -2.68. The summed E-state index contributed by atoms with van der Waals surface area (Å²) in [5, 5.41) is 3.30. The van der Waals surface area contributed by atoms with Crippen LogP contribution in [0.5, 0.6) is 0 Å². The Kier molecular flexibility index (Phi) is 6.49. The molecule has 3 nitrogen and oxygen atoms in total. The molecule has 3 heteroatoms. The molecule has 2 N–H and O–H groups in total. The van der Waals surface area contributed by atoms with Crippen molar-refractivity contribution < 1.29 is 4.84 Å². The number of hydrogen-bond acceptors (Lipinski definition) is 3. The van der Waals surface area contributed by atoms with E-state index in [2.05, 4.69) is 39.9 Å². The number of fused-ring (bicyclic) bond motifs is 1. The molecule has 0 aromatic heterocycles. The second-order valence-electron chi connectivity index (χ2n) is 4.41. The SMILES string of the molecule is C1=CNOC=C1.c1ccc2c(c1)CCN2.c1ccccc1. The van der Waals surface area contributed by atoms with Crippen LogP contribution < -0.4 is 10.8 Å². The molecule has 108 valence electrons. The zero-order valence-electron chi connectivity index (χ0n) is 11.9. The molecule has 0 bridgehead atoms. The molecule has 0 spiro atoms. The number of para-hydroxylation sites is 1. The maximum Gasteiger partial charge on any atom is 0.119 e. The first-order valence-electron chi connectivity index (χ1n) is 7.01. The van der Waals surface area contributed by atoms with Crippen molar-refractivity contribution >= 4 is 5.69 Å². The molecule has 4 rings (SSSR count). The van der Waals surface area contributed by atoms with E-state index in [9.17, 15) is 0 Å². The first-order valence-corrected chi connectivity index (χ1v) is 7.01. The smallest absolute Gasteiger partial charge is 0.119 e. The van der Waals surface area contributed by atoms with Crippen LogP contribution in [0.4, 0.5) is 5.69 Å². The van der Waals surface area contributed by atoms with Crippen LogP contribution in [0.25, 0.3) is 0 Å². The van der Waals surface area contributed by atoms with Crippen molar-refractivity contribution in [1.29, 1.82) is 0 Å². The lowest BCUT2D eigenvalue weighted by molar-refractivity contribution is 0.172. The summed E-state index contributed by atoms with van der Waals surface area (Å²) in [5.74, 6) is 0. The Balaban J connectivity index is 0.000000120. The van der Waals surface area contributed by atoms with Gasteiger partial charge in [-0.3, -0.25) is 0 Å². The van der Waals surface area contributed by atoms with Crippen LogP contribution in [0.2, 0.25) is 0 Å². The van der Waals surface area contributed by atoms with Crippen molar-refractivity contribution in [2.24, 2.45) is 0 Å². The molecule has 0 radical (unpaired) electrons. The monoisotopic (exact) mass is 280 g/mol. The Morgan fingerprint density at radius 3 is 2.00 bits per heavy atom. The molecule has 0 fully saturated rings. The number of benzene rings is 2. The van der Waals surface area contributed by atoms with Crippen LogP contribution in [0.15, 0.2) is 85.3 Å². The zero-order valence-corrected chi connectivity index (χ0v) is 11.9. The summed E-state index contributed by atoms with van der Waals surface area (Å²) in [6.07, 6.45) is 8.12. The highest BCUT2D eigenvalue weighted by Gasteiger charge is 2.05. The minimum Gasteiger partial charge on any atom is -0.391 e. The summed E-state index contributed by atoms with van der Waals surface area (Å²) < 4.78 is 0. The molecule has 0 aliphatic carbocycles. The standard InChI is InChI=1S/C8H9N.C6H6.C4H5NO/c1-2-4-8-7(3-1)5-6-9-8;2*1-2-4-6-5-3-1/h1-4,9H,5-6H2;1-6H;1-5H. The summed E-state index contributed by atoms with van der Waals surface area (Å²) in [6.45, 7) is 1.11. The van der Waals surface area contributed by atoms with Crippen molar-refractivity contribution in [1.82, 2.24) is 5.48 Å². The Morgan fingerprint density at radius 2 is 1.52 bits per heavy atom. The van der Waals surface area contributed by atoms with E-state index < -0.39 is 0 Å². The van der Waals surface area contributed by atoms with E-state index >= 15 is 0 Å². The summed E-state index contributed by atoms with van der Waals surface area (Å²) in [7, 11) is 0. The van der Waals surface area contributed by atoms with E-state index in [1.54, 1.807) is 18.5 Å². The minimum absolute atomic E-state index is 1.11. The third kappa shape index (κ3) is 5.87. The first kappa shape index (κ1) is 14.7. The zero-order chi connectivity index (χ0) is 14.6. The predicted molar refractivity (Wildman–Crippen MR) is 87.6 cm³/mol. The van der Waals surface area contributed by atoms with Crippen LogP contribution in [-0.2, 0) is 11.3 Å². The second-order valence-corrected chi connectivity index (χ2v) is 4.41. The summed E-state index contributed by atoms with van der Waals surface area (Å²) in [4.78, 5) is 4.55. The van der Waals surface area contributed by atoms with Gasteiger partial charge in [-0.05, 0) is 30.2 Å². The van der Waals surface area contributed by atoms with Gasteiger partial charge in [-0.15, -0.1) is 0 Å². The Bertz CT molecular complexity index is 503. The lowest BCUT2D eigenvalue weighted by Gasteiger charge is -1.97. The first-order chi connectivity index (χ1) is 10.5. The van der Waals surface area contributed by atoms with Gasteiger partial charge in [0.25, 0.3) is 0 Å². The molecule has 2 aliphatic heterocycles. The quantitative estimate of drug-likeness (QED) is 0.768. The fourth-order valence-electron chi connectivity index (χ4n) is 1.89. The molecule has 2 heterocycles. The van der Waals surface area contributed by atoms with Gasteiger partial charge in [-0.25, -0.2) is 5.48 Å². The molecule has 0 saturated heterocycles. The van der Waals surface area contributed by atoms with Crippen LogP contribution in [0.1, 0.15) is 5.56 Å². The van der Waals surface area contributed by atoms with E-state index in [0.717, 1.165) is 6.54 Å². The van der Waals surface area contributed by atoms with Crippen molar-refractivity contribution in [2.75, 3.05) is 11.9 Å². The van der Waals surface area contributed by atoms with Gasteiger partial charge in [-0.2, -0.15) is 0 Å². The topological polar surface area (TPSA) is 33.3 Å². The average molecular weight is 280 g/mol. The molecular weight excluding hydrogens is 260 g/mol. The Labute approximate surface area is 125 Å². The van der Waals surface area contributed by atoms with Crippen molar-refractivity contribution in [2.45, 2.75) is 6.42 Å².